The van der Waals surface area contributed by atoms with Gasteiger partial charge in [0.2, 0.25) is 5.91 Å². The Bertz CT molecular complexity index is 901. The van der Waals surface area contributed by atoms with Gasteiger partial charge in [0.05, 0.1) is 0 Å². The molecule has 2 amide bonds. The van der Waals surface area contributed by atoms with Crippen molar-refractivity contribution < 1.29 is 14.3 Å². The van der Waals surface area contributed by atoms with E-state index in [0.717, 1.165) is 37.1 Å². The molecular weight excluding hydrogens is 364 g/mol. The normalized spacial score (nSPS) is 15.8. The molecule has 2 aromatic carbocycles. The summed E-state index contributed by atoms with van der Waals surface area (Å²) >= 11 is 0. The standard InChI is InChI=1S/C24H28N2O3/c1-16(2)17-6-9-22(10-7-17)29-15-23(27)25-21-8-5-18-11-12-26(14-20(18)13-21)24(28)19-3-4-19/h5-10,13,16,19H,3-4,11-12,14-15H2,1-2H3,(H,25,27). The van der Waals surface area contributed by atoms with Crippen molar-refractivity contribution >= 4 is 17.5 Å². The Kier molecular flexibility index (Phi) is 5.56. The van der Waals surface area contributed by atoms with Gasteiger partial charge in [0.15, 0.2) is 6.61 Å². The molecule has 5 nitrogen and oxygen atoms in total. The SMILES string of the molecule is CC(C)c1ccc(OCC(=O)Nc2ccc3c(c2)CN(C(=O)C2CC2)CC3)cc1. The Morgan fingerprint density at radius 2 is 1.86 bits per heavy atom. The second-order valence-electron chi connectivity index (χ2n) is 8.33. The van der Waals surface area contributed by atoms with E-state index in [0.29, 0.717) is 18.2 Å². The summed E-state index contributed by atoms with van der Waals surface area (Å²) in [6.45, 7) is 5.67. The molecule has 0 unspecified atom stereocenters. The van der Waals surface area contributed by atoms with Crippen LogP contribution in [0.2, 0.25) is 0 Å². The molecular formula is C24H28N2O3. The molecule has 1 heterocycles. The van der Waals surface area contributed by atoms with Crippen LogP contribution in [0.25, 0.3) is 0 Å². The van der Waals surface area contributed by atoms with E-state index >= 15 is 0 Å². The van der Waals surface area contributed by atoms with Gasteiger partial charge in [0.25, 0.3) is 5.91 Å². The van der Waals surface area contributed by atoms with Gasteiger partial charge in [-0.05, 0) is 66.1 Å². The van der Waals surface area contributed by atoms with Gasteiger partial charge in [-0.3, -0.25) is 9.59 Å². The lowest BCUT2D eigenvalue weighted by Crippen LogP contribution is -2.36. The third kappa shape index (κ3) is 4.78. The number of rotatable bonds is 6. The summed E-state index contributed by atoms with van der Waals surface area (Å²) in [5.41, 5.74) is 4.36. The molecule has 1 aliphatic heterocycles. The van der Waals surface area contributed by atoms with Crippen LogP contribution >= 0.6 is 0 Å². The first-order valence-electron chi connectivity index (χ1n) is 10.4. The molecule has 1 fully saturated rings. The van der Waals surface area contributed by atoms with E-state index in [-0.39, 0.29) is 24.3 Å². The van der Waals surface area contributed by atoms with Crippen LogP contribution in [0.5, 0.6) is 5.75 Å². The molecule has 2 aliphatic rings. The van der Waals surface area contributed by atoms with Crippen molar-refractivity contribution in [2.45, 2.75) is 45.6 Å². The summed E-state index contributed by atoms with van der Waals surface area (Å²) in [7, 11) is 0. The zero-order valence-corrected chi connectivity index (χ0v) is 17.1. The fourth-order valence-electron chi connectivity index (χ4n) is 3.71. The Hall–Kier alpha value is -2.82. The fourth-order valence-corrected chi connectivity index (χ4v) is 3.71. The zero-order chi connectivity index (χ0) is 20.4. The Morgan fingerprint density at radius 1 is 1.10 bits per heavy atom. The number of amides is 2. The summed E-state index contributed by atoms with van der Waals surface area (Å²) in [4.78, 5) is 26.6. The molecule has 0 bridgehead atoms. The number of ether oxygens (including phenoxy) is 1. The van der Waals surface area contributed by atoms with E-state index in [1.54, 1.807) is 0 Å². The molecule has 5 heteroatoms. The summed E-state index contributed by atoms with van der Waals surface area (Å²) in [6.07, 6.45) is 2.93. The van der Waals surface area contributed by atoms with Crippen LogP contribution in [0.4, 0.5) is 5.69 Å². The van der Waals surface area contributed by atoms with E-state index in [2.05, 4.69) is 25.2 Å². The highest BCUT2D eigenvalue weighted by atomic mass is 16.5. The number of hydrogen-bond acceptors (Lipinski definition) is 3. The minimum absolute atomic E-state index is 0.0373. The number of carbonyl (C=O) groups is 2. The summed E-state index contributed by atoms with van der Waals surface area (Å²) in [5, 5.41) is 2.90. The summed E-state index contributed by atoms with van der Waals surface area (Å²) in [5.74, 6) is 1.48. The summed E-state index contributed by atoms with van der Waals surface area (Å²) in [6, 6.07) is 13.8. The first-order valence-corrected chi connectivity index (χ1v) is 10.4. The Labute approximate surface area is 172 Å². The highest BCUT2D eigenvalue weighted by Crippen LogP contribution is 2.33. The largest absolute Gasteiger partial charge is 0.484 e. The lowest BCUT2D eigenvalue weighted by molar-refractivity contribution is -0.133. The molecule has 152 valence electrons. The highest BCUT2D eigenvalue weighted by Gasteiger charge is 2.34. The highest BCUT2D eigenvalue weighted by molar-refractivity contribution is 5.92. The first kappa shape index (κ1) is 19.5. The Morgan fingerprint density at radius 3 is 2.55 bits per heavy atom. The lowest BCUT2D eigenvalue weighted by atomic mass is 9.98. The maximum Gasteiger partial charge on any atom is 0.262 e. The van der Waals surface area contributed by atoms with Crippen LogP contribution in [0.1, 0.15) is 49.3 Å². The maximum absolute atomic E-state index is 12.4. The number of hydrogen-bond donors (Lipinski definition) is 1. The molecule has 0 atom stereocenters. The van der Waals surface area contributed by atoms with Gasteiger partial charge in [-0.2, -0.15) is 0 Å². The van der Waals surface area contributed by atoms with Crippen molar-refractivity contribution in [2.24, 2.45) is 5.92 Å². The van der Waals surface area contributed by atoms with Crippen LogP contribution in [0.15, 0.2) is 42.5 Å². The number of nitrogens with one attached hydrogen (secondary N) is 1. The minimum Gasteiger partial charge on any atom is -0.484 e. The molecule has 29 heavy (non-hydrogen) atoms. The van der Waals surface area contributed by atoms with E-state index in [9.17, 15) is 9.59 Å². The second-order valence-corrected chi connectivity index (χ2v) is 8.33. The number of fused-ring (bicyclic) bond motifs is 1. The van der Waals surface area contributed by atoms with Crippen LogP contribution in [-0.4, -0.2) is 29.9 Å². The Balaban J connectivity index is 1.33. The molecule has 0 radical (unpaired) electrons. The molecule has 0 saturated heterocycles. The maximum atomic E-state index is 12.4. The zero-order valence-electron chi connectivity index (χ0n) is 17.1. The van der Waals surface area contributed by atoms with Crippen LogP contribution < -0.4 is 10.1 Å². The van der Waals surface area contributed by atoms with Crippen LogP contribution in [0.3, 0.4) is 0 Å². The quantitative estimate of drug-likeness (QED) is 0.804. The average Bonchev–Trinajstić information content (AvgIpc) is 3.57. The molecule has 0 aromatic heterocycles. The van der Waals surface area contributed by atoms with Gasteiger partial charge in [-0.15, -0.1) is 0 Å². The van der Waals surface area contributed by atoms with E-state index in [1.165, 1.54) is 11.1 Å². The second kappa shape index (κ2) is 8.27. The van der Waals surface area contributed by atoms with Gasteiger partial charge in [-0.1, -0.05) is 32.0 Å². The third-order valence-corrected chi connectivity index (χ3v) is 5.66. The molecule has 0 spiro atoms. The van der Waals surface area contributed by atoms with E-state index in [4.69, 9.17) is 4.74 Å². The third-order valence-electron chi connectivity index (χ3n) is 5.66. The van der Waals surface area contributed by atoms with E-state index in [1.807, 2.05) is 41.3 Å². The number of anilines is 1. The van der Waals surface area contributed by atoms with Crippen LogP contribution in [0, 0.1) is 5.92 Å². The first-order chi connectivity index (χ1) is 14.0. The van der Waals surface area contributed by atoms with Gasteiger partial charge < -0.3 is 15.0 Å². The number of nitrogens with zero attached hydrogens (tertiary/aromatic N) is 1. The van der Waals surface area contributed by atoms with Crippen molar-refractivity contribution in [2.75, 3.05) is 18.5 Å². The summed E-state index contributed by atoms with van der Waals surface area (Å²) < 4.78 is 5.60. The van der Waals surface area contributed by atoms with Gasteiger partial charge in [0, 0.05) is 24.7 Å². The molecule has 1 N–H and O–H groups in total. The molecule has 1 saturated carbocycles. The van der Waals surface area contributed by atoms with Gasteiger partial charge in [-0.25, -0.2) is 0 Å². The molecule has 4 rings (SSSR count). The lowest BCUT2D eigenvalue weighted by Gasteiger charge is -2.29. The minimum atomic E-state index is -0.195. The molecule has 1 aliphatic carbocycles. The predicted molar refractivity (Wildman–Crippen MR) is 113 cm³/mol. The topological polar surface area (TPSA) is 58.6 Å². The van der Waals surface area contributed by atoms with Crippen molar-refractivity contribution in [1.29, 1.82) is 0 Å². The monoisotopic (exact) mass is 392 g/mol. The number of benzene rings is 2. The van der Waals surface area contributed by atoms with Gasteiger partial charge >= 0.3 is 0 Å². The van der Waals surface area contributed by atoms with Crippen molar-refractivity contribution in [3.05, 3.63) is 59.2 Å². The van der Waals surface area contributed by atoms with Crippen molar-refractivity contribution in [1.82, 2.24) is 4.90 Å². The fraction of sp³-hybridized carbons (Fsp3) is 0.417. The smallest absolute Gasteiger partial charge is 0.262 e. The number of carbonyl (C=O) groups excluding carboxylic acids is 2. The van der Waals surface area contributed by atoms with Crippen molar-refractivity contribution in [3.63, 3.8) is 0 Å². The average molecular weight is 392 g/mol. The molecule has 2 aromatic rings. The van der Waals surface area contributed by atoms with Crippen LogP contribution in [-0.2, 0) is 22.6 Å². The van der Waals surface area contributed by atoms with Gasteiger partial charge in [0.1, 0.15) is 5.75 Å². The van der Waals surface area contributed by atoms with E-state index < -0.39 is 0 Å². The van der Waals surface area contributed by atoms with Crippen molar-refractivity contribution in [3.8, 4) is 5.75 Å². The predicted octanol–water partition coefficient (Wildman–Crippen LogP) is 4.12.